The monoisotopic (exact) mass is 561 g/mol. The van der Waals surface area contributed by atoms with Crippen LogP contribution >= 0.6 is 0 Å². The van der Waals surface area contributed by atoms with Gasteiger partial charge in [-0.05, 0) is 70.8 Å². The van der Waals surface area contributed by atoms with Crippen molar-refractivity contribution in [3.8, 4) is 33.6 Å². The fraction of sp³-hybridized carbons (Fsp3) is 0. The lowest BCUT2D eigenvalue weighted by atomic mass is 9.98. The average molecular weight is 562 g/mol. The van der Waals surface area contributed by atoms with Gasteiger partial charge in [-0.25, -0.2) is 0 Å². The van der Waals surface area contributed by atoms with Gasteiger partial charge in [0.15, 0.2) is 0 Å². The van der Waals surface area contributed by atoms with E-state index in [1.54, 1.807) is 0 Å². The zero-order valence-corrected chi connectivity index (χ0v) is 23.9. The minimum atomic E-state index is 1.14. The van der Waals surface area contributed by atoms with Crippen molar-refractivity contribution in [2.45, 2.75) is 0 Å². The van der Waals surface area contributed by atoms with E-state index in [9.17, 15) is 0 Å². The summed E-state index contributed by atoms with van der Waals surface area (Å²) < 4.78 is 4.75. The van der Waals surface area contributed by atoms with Gasteiger partial charge in [-0.1, -0.05) is 103 Å². The van der Waals surface area contributed by atoms with Gasteiger partial charge < -0.3 is 9.13 Å². The number of hydrogen-bond donors (Lipinski definition) is 0. The van der Waals surface area contributed by atoms with E-state index in [0.29, 0.717) is 0 Å². The van der Waals surface area contributed by atoms with Crippen LogP contribution in [0.4, 0.5) is 0 Å². The van der Waals surface area contributed by atoms with Crippen LogP contribution in [0.1, 0.15) is 0 Å². The third-order valence-electron chi connectivity index (χ3n) is 8.82. The van der Waals surface area contributed by atoms with Crippen LogP contribution in [0.25, 0.3) is 77.2 Å². The third-order valence-corrected chi connectivity index (χ3v) is 8.82. The van der Waals surface area contributed by atoms with Crippen molar-refractivity contribution in [2.75, 3.05) is 0 Å². The van der Waals surface area contributed by atoms with Crippen LogP contribution < -0.4 is 0 Å². The molecule has 9 rings (SSSR count). The molecular weight excluding hydrogens is 534 g/mol. The van der Waals surface area contributed by atoms with Gasteiger partial charge in [-0.2, -0.15) is 0 Å². The highest BCUT2D eigenvalue weighted by Crippen LogP contribution is 2.40. The van der Waals surface area contributed by atoms with Crippen molar-refractivity contribution < 1.29 is 0 Å². The molecule has 0 saturated carbocycles. The van der Waals surface area contributed by atoms with Gasteiger partial charge in [0, 0.05) is 45.3 Å². The van der Waals surface area contributed by atoms with Crippen LogP contribution in [0, 0.1) is 0 Å². The molecule has 0 fully saturated rings. The van der Waals surface area contributed by atoms with Crippen molar-refractivity contribution in [3.05, 3.63) is 164 Å². The van der Waals surface area contributed by atoms with Gasteiger partial charge in [0.05, 0.1) is 22.1 Å². The van der Waals surface area contributed by atoms with Crippen molar-refractivity contribution in [3.63, 3.8) is 0 Å². The highest BCUT2D eigenvalue weighted by atomic mass is 15.0. The van der Waals surface area contributed by atoms with Gasteiger partial charge in [0.1, 0.15) is 0 Å². The highest BCUT2D eigenvalue weighted by molar-refractivity contribution is 6.17. The number of pyridine rings is 1. The molecule has 0 aliphatic heterocycles. The van der Waals surface area contributed by atoms with Crippen LogP contribution in [0.2, 0.25) is 0 Å². The number of hydrogen-bond acceptors (Lipinski definition) is 1. The lowest BCUT2D eigenvalue weighted by Crippen LogP contribution is -1.94. The molecule has 0 spiro atoms. The zero-order chi connectivity index (χ0) is 29.0. The molecule has 0 amide bonds. The normalized spacial score (nSPS) is 11.6. The highest BCUT2D eigenvalue weighted by Gasteiger charge is 2.18. The Hall–Kier alpha value is -5.93. The molecule has 44 heavy (non-hydrogen) atoms. The molecule has 0 radical (unpaired) electrons. The van der Waals surface area contributed by atoms with Crippen LogP contribution in [0.5, 0.6) is 0 Å². The molecule has 9 aromatic rings. The lowest BCUT2D eigenvalue weighted by Gasteiger charge is -2.11. The van der Waals surface area contributed by atoms with Crippen LogP contribution in [-0.4, -0.2) is 14.1 Å². The molecule has 3 nitrogen and oxygen atoms in total. The Morgan fingerprint density at radius 3 is 1.84 bits per heavy atom. The second kappa shape index (κ2) is 9.82. The Bertz CT molecular complexity index is 2470. The summed E-state index contributed by atoms with van der Waals surface area (Å²) in [7, 11) is 0. The maximum atomic E-state index is 4.55. The first-order valence-electron chi connectivity index (χ1n) is 15.0. The van der Waals surface area contributed by atoms with Gasteiger partial charge in [-0.15, -0.1) is 0 Å². The molecular formula is C41H27N3. The maximum Gasteiger partial charge on any atom is 0.0572 e. The summed E-state index contributed by atoms with van der Waals surface area (Å²) >= 11 is 0. The lowest BCUT2D eigenvalue weighted by molar-refractivity contribution is 1.17. The van der Waals surface area contributed by atoms with E-state index in [2.05, 4.69) is 166 Å². The molecule has 0 N–H and O–H groups in total. The Balaban J connectivity index is 1.29. The third kappa shape index (κ3) is 3.73. The van der Waals surface area contributed by atoms with Gasteiger partial charge in [0.2, 0.25) is 0 Å². The smallest absolute Gasteiger partial charge is 0.0572 e. The van der Waals surface area contributed by atoms with Crippen molar-refractivity contribution in [1.82, 2.24) is 14.1 Å². The Labute approximate surface area is 254 Å². The molecule has 0 unspecified atom stereocenters. The van der Waals surface area contributed by atoms with E-state index in [1.165, 1.54) is 55.0 Å². The van der Waals surface area contributed by atoms with E-state index in [4.69, 9.17) is 0 Å². The van der Waals surface area contributed by atoms with E-state index >= 15 is 0 Å². The second-order valence-electron chi connectivity index (χ2n) is 11.3. The minimum absolute atomic E-state index is 1.14. The number of benzene rings is 6. The predicted molar refractivity (Wildman–Crippen MR) is 184 cm³/mol. The molecule has 206 valence electrons. The Morgan fingerprint density at radius 2 is 1.00 bits per heavy atom. The van der Waals surface area contributed by atoms with Crippen molar-refractivity contribution in [1.29, 1.82) is 0 Å². The van der Waals surface area contributed by atoms with Crippen LogP contribution in [-0.2, 0) is 0 Å². The first-order chi connectivity index (χ1) is 21.8. The molecule has 0 atom stereocenters. The molecule has 0 aliphatic carbocycles. The number of rotatable bonds is 4. The van der Waals surface area contributed by atoms with E-state index in [0.717, 1.165) is 22.3 Å². The summed E-state index contributed by atoms with van der Waals surface area (Å²) in [5, 5.41) is 4.87. The van der Waals surface area contributed by atoms with Gasteiger partial charge in [-0.3, -0.25) is 4.98 Å². The predicted octanol–water partition coefficient (Wildman–Crippen LogP) is 10.6. The first-order valence-corrected chi connectivity index (χ1v) is 15.0. The Morgan fingerprint density at radius 1 is 0.386 bits per heavy atom. The van der Waals surface area contributed by atoms with E-state index < -0.39 is 0 Å². The zero-order valence-electron chi connectivity index (χ0n) is 23.9. The summed E-state index contributed by atoms with van der Waals surface area (Å²) in [4.78, 5) is 4.55. The van der Waals surface area contributed by atoms with Gasteiger partial charge in [0.25, 0.3) is 0 Å². The van der Waals surface area contributed by atoms with Crippen LogP contribution in [0.3, 0.4) is 0 Å². The number of para-hydroxylation sites is 2. The first kappa shape index (κ1) is 24.6. The second-order valence-corrected chi connectivity index (χ2v) is 11.3. The molecule has 0 bridgehead atoms. The maximum absolute atomic E-state index is 4.55. The standard InChI is InChI=1S/C41H27N3/c1-3-10-28(11-4-1)29-18-21-32(22-19-29)44-37-16-8-7-14-34(37)35-23-20-30(26-40(35)44)33-15-9-17-39-41(33)36-27-42-25-24-38(36)43(39)31-12-5-2-6-13-31/h1-27H. The minimum Gasteiger partial charge on any atom is -0.309 e. The largest absolute Gasteiger partial charge is 0.309 e. The van der Waals surface area contributed by atoms with E-state index in [-0.39, 0.29) is 0 Å². The summed E-state index contributed by atoms with van der Waals surface area (Å²) in [6, 6.07) is 54.4. The Kier molecular flexibility index (Phi) is 5.50. The number of aromatic nitrogens is 3. The SMILES string of the molecule is c1ccc(-c2ccc(-n3c4ccccc4c4ccc(-c5cccc6c5c5cnccc5n6-c5ccccc5)cc43)cc2)cc1. The molecule has 3 heteroatoms. The fourth-order valence-corrected chi connectivity index (χ4v) is 6.86. The summed E-state index contributed by atoms with van der Waals surface area (Å²) in [6.45, 7) is 0. The van der Waals surface area contributed by atoms with Gasteiger partial charge >= 0.3 is 0 Å². The van der Waals surface area contributed by atoms with Crippen LogP contribution in [0.15, 0.2) is 164 Å². The summed E-state index contributed by atoms with van der Waals surface area (Å²) in [6.07, 6.45) is 3.89. The van der Waals surface area contributed by atoms with Crippen molar-refractivity contribution in [2.24, 2.45) is 0 Å². The number of nitrogens with zero attached hydrogens (tertiary/aromatic N) is 3. The van der Waals surface area contributed by atoms with E-state index in [1.807, 2.05) is 12.4 Å². The molecule has 0 saturated heterocycles. The molecule has 0 aliphatic rings. The summed E-state index contributed by atoms with van der Waals surface area (Å²) in [5.74, 6) is 0. The average Bonchev–Trinajstić information content (AvgIpc) is 3.62. The number of fused-ring (bicyclic) bond motifs is 6. The topological polar surface area (TPSA) is 22.8 Å². The molecule has 6 aromatic carbocycles. The quantitative estimate of drug-likeness (QED) is 0.210. The molecule has 3 heterocycles. The summed E-state index contributed by atoms with van der Waals surface area (Å²) in [5.41, 5.74) is 11.8. The van der Waals surface area contributed by atoms with Crippen molar-refractivity contribution >= 4 is 43.6 Å². The fourth-order valence-electron chi connectivity index (χ4n) is 6.86. The molecule has 3 aromatic heterocycles.